The van der Waals surface area contributed by atoms with Crippen molar-refractivity contribution in [3.05, 3.63) is 24.8 Å². The van der Waals surface area contributed by atoms with Gasteiger partial charge in [-0.1, -0.05) is 31.6 Å². The van der Waals surface area contributed by atoms with Crippen molar-refractivity contribution >= 4 is 5.97 Å². The third-order valence-corrected chi connectivity index (χ3v) is 6.89. The Labute approximate surface area is 140 Å². The molecule has 0 heterocycles. The quantitative estimate of drug-likeness (QED) is 0.730. The number of carbonyl (C=O) groups is 1. The molecule has 2 aliphatic rings. The summed E-state index contributed by atoms with van der Waals surface area (Å²) in [7, 11) is 0. The third kappa shape index (κ3) is 3.13. The van der Waals surface area contributed by atoms with Crippen LogP contribution in [0.1, 0.15) is 65.7 Å². The molecule has 0 unspecified atom stereocenters. The molecule has 130 valence electrons. The van der Waals surface area contributed by atoms with Gasteiger partial charge in [0.25, 0.3) is 0 Å². The zero-order valence-corrected chi connectivity index (χ0v) is 14.9. The van der Waals surface area contributed by atoms with E-state index in [1.165, 1.54) is 5.57 Å². The molecule has 2 N–H and O–H groups in total. The van der Waals surface area contributed by atoms with Crippen LogP contribution in [-0.4, -0.2) is 21.8 Å². The molecular formula is C20H32O3. The lowest BCUT2D eigenvalue weighted by molar-refractivity contribution is -0.164. The summed E-state index contributed by atoms with van der Waals surface area (Å²) in [6.45, 7) is 14.0. The van der Waals surface area contributed by atoms with Crippen LogP contribution in [0.3, 0.4) is 0 Å². The standard InChI is InChI=1S/C20H32O3/c1-6-18(3,23)13-10-15-14(2)8-9-16-19(15,4)11-7-12-20(16,5)17(21)22/h6,15-16,23H,1-2,7-13H2,3-5H3,(H,21,22)/t15-,16-,18+,19+,20+/m0/s1. The number of hydrogen-bond donors (Lipinski definition) is 2. The van der Waals surface area contributed by atoms with Gasteiger partial charge in [0.05, 0.1) is 11.0 Å². The molecular weight excluding hydrogens is 288 g/mol. The maximum absolute atomic E-state index is 11.9. The fraction of sp³-hybridized carbons (Fsp3) is 0.750. The Bertz CT molecular complexity index is 507. The minimum atomic E-state index is -0.867. The van der Waals surface area contributed by atoms with Gasteiger partial charge < -0.3 is 10.2 Å². The zero-order valence-electron chi connectivity index (χ0n) is 14.9. The molecule has 2 rings (SSSR count). The predicted octanol–water partition coefficient (Wildman–Crippen LogP) is 4.57. The molecule has 3 nitrogen and oxygen atoms in total. The number of aliphatic hydroxyl groups is 1. The number of fused-ring (bicyclic) bond motifs is 1. The first kappa shape index (κ1) is 18.3. The molecule has 5 atom stereocenters. The molecule has 0 aromatic heterocycles. The first-order valence-electron chi connectivity index (χ1n) is 8.84. The first-order valence-corrected chi connectivity index (χ1v) is 8.84. The minimum Gasteiger partial charge on any atom is -0.481 e. The molecule has 0 aromatic rings. The molecule has 2 saturated carbocycles. The van der Waals surface area contributed by atoms with E-state index in [9.17, 15) is 15.0 Å². The van der Waals surface area contributed by atoms with Gasteiger partial charge in [0, 0.05) is 0 Å². The summed E-state index contributed by atoms with van der Waals surface area (Å²) in [5.41, 5.74) is -0.294. The van der Waals surface area contributed by atoms with Crippen LogP contribution in [-0.2, 0) is 4.79 Å². The summed E-state index contributed by atoms with van der Waals surface area (Å²) in [6, 6.07) is 0. The van der Waals surface area contributed by atoms with Gasteiger partial charge in [-0.15, -0.1) is 6.58 Å². The van der Waals surface area contributed by atoms with Gasteiger partial charge in [-0.2, -0.15) is 0 Å². The van der Waals surface area contributed by atoms with Crippen LogP contribution >= 0.6 is 0 Å². The van der Waals surface area contributed by atoms with Crippen LogP contribution in [0, 0.1) is 22.7 Å². The lowest BCUT2D eigenvalue weighted by Gasteiger charge is -2.57. The molecule has 0 spiro atoms. The second-order valence-corrected chi connectivity index (χ2v) is 8.48. The highest BCUT2D eigenvalue weighted by molar-refractivity contribution is 5.75. The van der Waals surface area contributed by atoms with E-state index in [0.717, 1.165) is 38.5 Å². The topological polar surface area (TPSA) is 57.5 Å². The highest BCUT2D eigenvalue weighted by Crippen LogP contribution is 2.62. The molecule has 0 aromatic carbocycles. The van der Waals surface area contributed by atoms with Crippen LogP contribution in [0.4, 0.5) is 0 Å². The maximum Gasteiger partial charge on any atom is 0.309 e. The molecule has 0 amide bonds. The second kappa shape index (κ2) is 6.08. The number of carboxylic acid groups (broad SMARTS) is 1. The van der Waals surface area contributed by atoms with Crippen molar-refractivity contribution in [2.75, 3.05) is 0 Å². The Kier molecular flexibility index (Phi) is 4.83. The molecule has 3 heteroatoms. The van der Waals surface area contributed by atoms with Crippen LogP contribution in [0.25, 0.3) is 0 Å². The SMILES string of the molecule is C=C[C@@](C)(O)CC[C@H]1C(=C)CC[C@H]2[C@]1(C)CCC[C@@]2(C)C(=O)O. The van der Waals surface area contributed by atoms with Crippen molar-refractivity contribution in [2.45, 2.75) is 71.3 Å². The summed E-state index contributed by atoms with van der Waals surface area (Å²) >= 11 is 0. The molecule has 0 saturated heterocycles. The molecule has 0 radical (unpaired) electrons. The number of hydrogen-bond acceptors (Lipinski definition) is 2. The van der Waals surface area contributed by atoms with Crippen molar-refractivity contribution in [3.63, 3.8) is 0 Å². The summed E-state index contributed by atoms with van der Waals surface area (Å²) in [4.78, 5) is 11.9. The number of carboxylic acids is 1. The Balaban J connectivity index is 2.29. The summed E-state index contributed by atoms with van der Waals surface area (Å²) in [6.07, 6.45) is 7.70. The molecule has 2 aliphatic carbocycles. The average Bonchev–Trinajstić information content (AvgIpc) is 2.46. The van der Waals surface area contributed by atoms with Crippen molar-refractivity contribution in [2.24, 2.45) is 22.7 Å². The van der Waals surface area contributed by atoms with Crippen molar-refractivity contribution < 1.29 is 15.0 Å². The Morgan fingerprint density at radius 3 is 2.65 bits per heavy atom. The number of rotatable bonds is 5. The maximum atomic E-state index is 11.9. The summed E-state index contributed by atoms with van der Waals surface area (Å²) in [5.74, 6) is -0.185. The number of aliphatic carboxylic acids is 1. The van der Waals surface area contributed by atoms with Gasteiger partial charge in [0.1, 0.15) is 0 Å². The van der Waals surface area contributed by atoms with Gasteiger partial charge in [-0.3, -0.25) is 4.79 Å². The summed E-state index contributed by atoms with van der Waals surface area (Å²) in [5, 5.41) is 20.1. The van der Waals surface area contributed by atoms with Gasteiger partial charge in [-0.25, -0.2) is 0 Å². The Morgan fingerprint density at radius 1 is 1.43 bits per heavy atom. The lowest BCUT2D eigenvalue weighted by atomic mass is 9.46. The largest absolute Gasteiger partial charge is 0.481 e. The fourth-order valence-corrected chi connectivity index (χ4v) is 5.28. The second-order valence-electron chi connectivity index (χ2n) is 8.48. The summed E-state index contributed by atoms with van der Waals surface area (Å²) < 4.78 is 0. The van der Waals surface area contributed by atoms with Gasteiger partial charge in [0.15, 0.2) is 0 Å². The molecule has 23 heavy (non-hydrogen) atoms. The Morgan fingerprint density at radius 2 is 2.09 bits per heavy atom. The molecule has 0 aliphatic heterocycles. The van der Waals surface area contributed by atoms with E-state index in [-0.39, 0.29) is 17.3 Å². The normalized spacial score (nSPS) is 40.1. The van der Waals surface area contributed by atoms with E-state index in [2.05, 4.69) is 20.1 Å². The molecule has 2 fully saturated rings. The monoisotopic (exact) mass is 320 g/mol. The van der Waals surface area contributed by atoms with Gasteiger partial charge in [-0.05, 0) is 69.6 Å². The van der Waals surface area contributed by atoms with Crippen LogP contribution in [0.5, 0.6) is 0 Å². The predicted molar refractivity (Wildman–Crippen MR) is 93.1 cm³/mol. The van der Waals surface area contributed by atoms with Crippen LogP contribution < -0.4 is 0 Å². The number of allylic oxidation sites excluding steroid dienone is 1. The Hall–Kier alpha value is -1.09. The van der Waals surface area contributed by atoms with Crippen molar-refractivity contribution in [1.29, 1.82) is 0 Å². The highest BCUT2D eigenvalue weighted by Gasteiger charge is 2.57. The van der Waals surface area contributed by atoms with E-state index in [1.807, 2.05) is 6.92 Å². The smallest absolute Gasteiger partial charge is 0.309 e. The van der Waals surface area contributed by atoms with E-state index in [4.69, 9.17) is 0 Å². The highest BCUT2D eigenvalue weighted by atomic mass is 16.4. The third-order valence-electron chi connectivity index (χ3n) is 6.89. The van der Waals surface area contributed by atoms with E-state index in [1.54, 1.807) is 13.0 Å². The van der Waals surface area contributed by atoms with Gasteiger partial charge in [0.2, 0.25) is 0 Å². The minimum absolute atomic E-state index is 0.0298. The van der Waals surface area contributed by atoms with Gasteiger partial charge >= 0.3 is 5.97 Å². The first-order chi connectivity index (χ1) is 10.6. The van der Waals surface area contributed by atoms with Crippen molar-refractivity contribution in [3.8, 4) is 0 Å². The van der Waals surface area contributed by atoms with E-state index in [0.29, 0.717) is 6.42 Å². The molecule has 0 bridgehead atoms. The average molecular weight is 320 g/mol. The lowest BCUT2D eigenvalue weighted by Crippen LogP contribution is -2.53. The van der Waals surface area contributed by atoms with E-state index < -0.39 is 17.0 Å². The van der Waals surface area contributed by atoms with Crippen molar-refractivity contribution in [1.82, 2.24) is 0 Å². The van der Waals surface area contributed by atoms with Crippen LogP contribution in [0.2, 0.25) is 0 Å². The van der Waals surface area contributed by atoms with E-state index >= 15 is 0 Å². The van der Waals surface area contributed by atoms with Crippen LogP contribution in [0.15, 0.2) is 24.8 Å². The zero-order chi connectivity index (χ0) is 17.5. The fourth-order valence-electron chi connectivity index (χ4n) is 5.28.